The van der Waals surface area contributed by atoms with Crippen LogP contribution in [0, 0.1) is 0 Å². The normalized spacial score (nSPS) is 14.8. The van der Waals surface area contributed by atoms with Gasteiger partial charge in [-0.25, -0.2) is 0 Å². The number of aryl methyl sites for hydroxylation is 1. The maximum atomic E-state index is 12.2. The van der Waals surface area contributed by atoms with Crippen molar-refractivity contribution in [3.05, 3.63) is 54.1 Å². The van der Waals surface area contributed by atoms with Crippen molar-refractivity contribution in [2.75, 3.05) is 7.05 Å². The first-order chi connectivity index (χ1) is 10.1. The second kappa shape index (κ2) is 6.61. The van der Waals surface area contributed by atoms with Gasteiger partial charge in [0.15, 0.2) is 0 Å². The zero-order chi connectivity index (χ0) is 15.4. The molecule has 112 valence electrons. The van der Waals surface area contributed by atoms with Crippen LogP contribution in [0.3, 0.4) is 0 Å². The van der Waals surface area contributed by atoms with Gasteiger partial charge in [-0.15, -0.1) is 6.58 Å². The summed E-state index contributed by atoms with van der Waals surface area (Å²) in [7, 11) is 1.68. The Balaban J connectivity index is 2.26. The van der Waals surface area contributed by atoms with Crippen molar-refractivity contribution in [3.8, 4) is 0 Å². The lowest BCUT2D eigenvalue weighted by atomic mass is 10.0. The van der Waals surface area contributed by atoms with Crippen LogP contribution in [-0.4, -0.2) is 23.9 Å². The lowest BCUT2D eigenvalue weighted by Gasteiger charge is -2.28. The highest BCUT2D eigenvalue weighted by Crippen LogP contribution is 2.34. The fraction of sp³-hybridized carbons (Fsp3) is 0.389. The largest absolute Gasteiger partial charge is 0.357 e. The molecular formula is C18H24N2O. The zero-order valence-electron chi connectivity index (χ0n) is 13.0. The summed E-state index contributed by atoms with van der Waals surface area (Å²) >= 11 is 0. The number of amides is 1. The first-order valence-electron chi connectivity index (χ1n) is 7.52. The zero-order valence-corrected chi connectivity index (χ0v) is 13.0. The minimum Gasteiger partial charge on any atom is -0.357 e. The molecule has 0 saturated heterocycles. The maximum absolute atomic E-state index is 12.2. The third-order valence-electron chi connectivity index (χ3n) is 4.15. The average molecular weight is 284 g/mol. The molecule has 1 unspecified atom stereocenters. The standard InChI is InChI=1S/C18H24N2O/c1-5-7-8-17(18(21)19-4)20-12-15-11-14(6-2)9-10-16(15)13(20)3/h5,9-11,17H,1,3,6-8,12H2,2,4H3,(H,19,21). The van der Waals surface area contributed by atoms with E-state index in [-0.39, 0.29) is 11.9 Å². The Morgan fingerprint density at radius 2 is 2.29 bits per heavy atom. The topological polar surface area (TPSA) is 32.3 Å². The molecule has 2 rings (SSSR count). The smallest absolute Gasteiger partial charge is 0.242 e. The Morgan fingerprint density at radius 3 is 2.90 bits per heavy atom. The van der Waals surface area contributed by atoms with Crippen LogP contribution in [0.2, 0.25) is 0 Å². The number of carbonyl (C=O) groups excluding carboxylic acids is 1. The van der Waals surface area contributed by atoms with Crippen LogP contribution in [-0.2, 0) is 17.8 Å². The molecule has 1 aromatic rings. The van der Waals surface area contributed by atoms with Gasteiger partial charge in [0.25, 0.3) is 0 Å². The van der Waals surface area contributed by atoms with Crippen LogP contribution < -0.4 is 5.32 Å². The van der Waals surface area contributed by atoms with Crippen LogP contribution in [0.4, 0.5) is 0 Å². The number of allylic oxidation sites excluding steroid dienone is 1. The Bertz CT molecular complexity index is 562. The van der Waals surface area contributed by atoms with E-state index in [1.54, 1.807) is 7.05 Å². The summed E-state index contributed by atoms with van der Waals surface area (Å²) in [6.07, 6.45) is 4.46. The van der Waals surface area contributed by atoms with Gasteiger partial charge in [0.2, 0.25) is 5.91 Å². The fourth-order valence-corrected chi connectivity index (χ4v) is 2.88. The lowest BCUT2D eigenvalue weighted by molar-refractivity contribution is -0.125. The molecule has 0 aliphatic carbocycles. The lowest BCUT2D eigenvalue weighted by Crippen LogP contribution is -2.42. The highest BCUT2D eigenvalue weighted by atomic mass is 16.2. The Labute approximate surface area is 127 Å². The molecule has 1 aromatic carbocycles. The van der Waals surface area contributed by atoms with Gasteiger partial charge >= 0.3 is 0 Å². The van der Waals surface area contributed by atoms with E-state index in [9.17, 15) is 4.79 Å². The van der Waals surface area contributed by atoms with Crippen molar-refractivity contribution in [3.63, 3.8) is 0 Å². The van der Waals surface area contributed by atoms with E-state index in [0.717, 1.165) is 31.5 Å². The van der Waals surface area contributed by atoms with Crippen molar-refractivity contribution in [1.82, 2.24) is 10.2 Å². The van der Waals surface area contributed by atoms with Crippen molar-refractivity contribution in [1.29, 1.82) is 0 Å². The minimum absolute atomic E-state index is 0.0431. The second-order valence-corrected chi connectivity index (χ2v) is 5.42. The molecule has 0 aromatic heterocycles. The predicted molar refractivity (Wildman–Crippen MR) is 87.7 cm³/mol. The predicted octanol–water partition coefficient (Wildman–Crippen LogP) is 3.12. The third kappa shape index (κ3) is 3.02. The third-order valence-corrected chi connectivity index (χ3v) is 4.15. The molecular weight excluding hydrogens is 260 g/mol. The van der Waals surface area contributed by atoms with Gasteiger partial charge in [0.1, 0.15) is 6.04 Å². The molecule has 0 saturated carbocycles. The fourth-order valence-electron chi connectivity index (χ4n) is 2.88. The summed E-state index contributed by atoms with van der Waals surface area (Å²) in [5.41, 5.74) is 4.71. The molecule has 1 amide bonds. The van der Waals surface area contributed by atoms with Gasteiger partial charge in [-0.3, -0.25) is 4.79 Å². The van der Waals surface area contributed by atoms with Gasteiger partial charge in [0.05, 0.1) is 0 Å². The van der Waals surface area contributed by atoms with E-state index in [4.69, 9.17) is 0 Å². The highest BCUT2D eigenvalue weighted by Gasteiger charge is 2.31. The van der Waals surface area contributed by atoms with Crippen LogP contribution >= 0.6 is 0 Å². The number of nitrogens with zero attached hydrogens (tertiary/aromatic N) is 1. The minimum atomic E-state index is -0.182. The van der Waals surface area contributed by atoms with E-state index in [1.165, 1.54) is 16.7 Å². The molecule has 1 atom stereocenters. The number of rotatable bonds is 6. The summed E-state index contributed by atoms with van der Waals surface area (Å²) in [5, 5.41) is 2.76. The van der Waals surface area contributed by atoms with Gasteiger partial charge in [-0.1, -0.05) is 37.8 Å². The van der Waals surface area contributed by atoms with E-state index in [1.807, 2.05) is 6.08 Å². The van der Waals surface area contributed by atoms with Gasteiger partial charge in [-0.05, 0) is 30.4 Å². The van der Waals surface area contributed by atoms with Crippen molar-refractivity contribution >= 4 is 11.6 Å². The van der Waals surface area contributed by atoms with Crippen LogP contribution in [0.1, 0.15) is 36.5 Å². The molecule has 0 bridgehead atoms. The number of nitrogens with one attached hydrogen (secondary N) is 1. The van der Waals surface area contributed by atoms with E-state index < -0.39 is 0 Å². The van der Waals surface area contributed by atoms with E-state index >= 15 is 0 Å². The first kappa shape index (κ1) is 15.4. The Kier molecular flexibility index (Phi) is 4.84. The number of fused-ring (bicyclic) bond motifs is 1. The molecule has 1 N–H and O–H groups in total. The van der Waals surface area contributed by atoms with Crippen molar-refractivity contribution in [2.24, 2.45) is 0 Å². The van der Waals surface area contributed by atoms with Crippen molar-refractivity contribution < 1.29 is 4.79 Å². The first-order valence-corrected chi connectivity index (χ1v) is 7.52. The van der Waals surface area contributed by atoms with Gasteiger partial charge < -0.3 is 10.2 Å². The molecule has 1 heterocycles. The average Bonchev–Trinajstić information content (AvgIpc) is 2.83. The summed E-state index contributed by atoms with van der Waals surface area (Å²) in [6, 6.07) is 6.32. The van der Waals surface area contributed by atoms with Crippen molar-refractivity contribution in [2.45, 2.75) is 38.8 Å². The van der Waals surface area contributed by atoms with Crippen LogP contribution in [0.25, 0.3) is 5.70 Å². The van der Waals surface area contributed by atoms with Gasteiger partial charge in [-0.2, -0.15) is 0 Å². The molecule has 0 radical (unpaired) electrons. The molecule has 1 aliphatic heterocycles. The van der Waals surface area contributed by atoms with Crippen LogP contribution in [0.5, 0.6) is 0 Å². The number of benzene rings is 1. The molecule has 3 heteroatoms. The highest BCUT2D eigenvalue weighted by molar-refractivity contribution is 5.84. The molecule has 0 spiro atoms. The summed E-state index contributed by atoms with van der Waals surface area (Å²) in [5.74, 6) is 0.0431. The second-order valence-electron chi connectivity index (χ2n) is 5.42. The maximum Gasteiger partial charge on any atom is 0.242 e. The molecule has 21 heavy (non-hydrogen) atoms. The monoisotopic (exact) mass is 284 g/mol. The quantitative estimate of drug-likeness (QED) is 0.814. The van der Waals surface area contributed by atoms with Crippen LogP contribution in [0.15, 0.2) is 37.4 Å². The molecule has 0 fully saturated rings. The summed E-state index contributed by atoms with van der Waals surface area (Å²) in [6.45, 7) is 10.9. The number of hydrogen-bond acceptors (Lipinski definition) is 2. The van der Waals surface area contributed by atoms with E-state index in [2.05, 4.69) is 48.5 Å². The molecule has 1 aliphatic rings. The SMILES string of the molecule is C=CCCC(C(=O)NC)N1Cc2cc(CC)ccc2C1=C. The Hall–Kier alpha value is -2.03. The number of likely N-dealkylation sites (N-methyl/N-ethyl adjacent to an activating group) is 1. The van der Waals surface area contributed by atoms with Gasteiger partial charge in [0, 0.05) is 24.9 Å². The summed E-state index contributed by atoms with van der Waals surface area (Å²) < 4.78 is 0. The van der Waals surface area contributed by atoms with E-state index in [0.29, 0.717) is 0 Å². The number of carbonyl (C=O) groups is 1. The molecule has 3 nitrogen and oxygen atoms in total. The Morgan fingerprint density at radius 1 is 1.52 bits per heavy atom. The summed E-state index contributed by atoms with van der Waals surface area (Å²) in [4.78, 5) is 14.3. The number of hydrogen-bond donors (Lipinski definition) is 1.